The largest absolute Gasteiger partial charge is 0.143 e. The zero-order valence-electron chi connectivity index (χ0n) is 8.51. The van der Waals surface area contributed by atoms with Crippen molar-refractivity contribution in [3.63, 3.8) is 0 Å². The molecule has 0 radical (unpaired) electrons. The van der Waals surface area contributed by atoms with E-state index in [1.807, 2.05) is 0 Å². The second kappa shape index (κ2) is 5.33. The van der Waals surface area contributed by atoms with Gasteiger partial charge in [0, 0.05) is 4.90 Å². The molecule has 0 fully saturated rings. The summed E-state index contributed by atoms with van der Waals surface area (Å²) in [6.07, 6.45) is 4.84. The van der Waals surface area contributed by atoms with Crippen LogP contribution < -0.4 is 0 Å². The Morgan fingerprint density at radius 3 is 2.38 bits per heavy atom. The second-order valence-electron chi connectivity index (χ2n) is 3.46. The van der Waals surface area contributed by atoms with Gasteiger partial charge in [-0.05, 0) is 42.5 Å². The fourth-order valence-corrected chi connectivity index (χ4v) is 1.80. The van der Waals surface area contributed by atoms with Crippen molar-refractivity contribution in [2.45, 2.75) is 44.4 Å². The van der Waals surface area contributed by atoms with Crippen molar-refractivity contribution in [1.82, 2.24) is 0 Å². The highest BCUT2D eigenvalue weighted by molar-refractivity contribution is 7.80. The van der Waals surface area contributed by atoms with Gasteiger partial charge in [-0.2, -0.15) is 0 Å². The van der Waals surface area contributed by atoms with Gasteiger partial charge in [0.15, 0.2) is 0 Å². The maximum absolute atomic E-state index is 4.40. The molecule has 0 spiro atoms. The number of benzene rings is 1. The molecular formula is C12H18S. The molecule has 0 aliphatic heterocycles. The van der Waals surface area contributed by atoms with Crippen LogP contribution in [0.5, 0.6) is 0 Å². The lowest BCUT2D eigenvalue weighted by atomic mass is 10.0. The molecule has 0 saturated heterocycles. The van der Waals surface area contributed by atoms with Crippen LogP contribution in [0.2, 0.25) is 0 Å². The first-order valence-corrected chi connectivity index (χ1v) is 5.52. The number of aryl methyl sites for hydroxylation is 2. The Morgan fingerprint density at radius 2 is 1.77 bits per heavy atom. The normalized spacial score (nSPS) is 10.4. The average Bonchev–Trinajstić information content (AvgIpc) is 2.14. The molecule has 1 aromatic rings. The fourth-order valence-electron chi connectivity index (χ4n) is 1.47. The van der Waals surface area contributed by atoms with Gasteiger partial charge >= 0.3 is 0 Å². The molecule has 0 atom stereocenters. The van der Waals surface area contributed by atoms with Gasteiger partial charge < -0.3 is 0 Å². The maximum atomic E-state index is 4.40. The van der Waals surface area contributed by atoms with E-state index in [0.29, 0.717) is 0 Å². The highest BCUT2D eigenvalue weighted by Crippen LogP contribution is 2.15. The van der Waals surface area contributed by atoms with E-state index in [0.717, 1.165) is 11.3 Å². The van der Waals surface area contributed by atoms with Crippen molar-refractivity contribution < 1.29 is 0 Å². The summed E-state index contributed by atoms with van der Waals surface area (Å²) in [5.74, 6) is 0. The Kier molecular flexibility index (Phi) is 4.37. The zero-order valence-corrected chi connectivity index (χ0v) is 9.40. The Labute approximate surface area is 86.8 Å². The van der Waals surface area contributed by atoms with Crippen LogP contribution >= 0.6 is 12.6 Å². The lowest BCUT2D eigenvalue weighted by molar-refractivity contribution is 0.792. The lowest BCUT2D eigenvalue weighted by Gasteiger charge is -2.04. The van der Waals surface area contributed by atoms with Gasteiger partial charge in [0.2, 0.25) is 0 Å². The molecule has 0 saturated carbocycles. The zero-order chi connectivity index (χ0) is 9.68. The first-order valence-electron chi connectivity index (χ1n) is 5.08. The highest BCUT2D eigenvalue weighted by Gasteiger charge is 1.97. The molecule has 0 aliphatic rings. The van der Waals surface area contributed by atoms with Crippen molar-refractivity contribution in [2.24, 2.45) is 0 Å². The second-order valence-corrected chi connectivity index (χ2v) is 3.98. The van der Waals surface area contributed by atoms with Crippen molar-refractivity contribution in [3.8, 4) is 0 Å². The molecule has 0 amide bonds. The SMILES string of the molecule is CCCCc1cc(S)cc(CC)c1. The lowest BCUT2D eigenvalue weighted by Crippen LogP contribution is -1.88. The monoisotopic (exact) mass is 194 g/mol. The summed E-state index contributed by atoms with van der Waals surface area (Å²) in [5.41, 5.74) is 2.84. The van der Waals surface area contributed by atoms with Gasteiger partial charge in [0.25, 0.3) is 0 Å². The van der Waals surface area contributed by atoms with E-state index in [2.05, 4.69) is 44.7 Å². The van der Waals surface area contributed by atoms with Crippen molar-refractivity contribution in [3.05, 3.63) is 29.3 Å². The molecule has 0 bridgehead atoms. The molecule has 0 aliphatic carbocycles. The number of unbranched alkanes of at least 4 members (excludes halogenated alkanes) is 1. The molecule has 72 valence electrons. The third kappa shape index (κ3) is 3.43. The summed E-state index contributed by atoms with van der Waals surface area (Å²) in [6, 6.07) is 6.63. The van der Waals surface area contributed by atoms with Crippen molar-refractivity contribution >= 4 is 12.6 Å². The molecule has 0 nitrogen and oxygen atoms in total. The fraction of sp³-hybridized carbons (Fsp3) is 0.500. The third-order valence-corrected chi connectivity index (χ3v) is 2.52. The van der Waals surface area contributed by atoms with Gasteiger partial charge in [-0.15, -0.1) is 12.6 Å². The van der Waals surface area contributed by atoms with Crippen LogP contribution in [0.1, 0.15) is 37.8 Å². The first-order chi connectivity index (χ1) is 6.26. The number of hydrogen-bond donors (Lipinski definition) is 1. The summed E-state index contributed by atoms with van der Waals surface area (Å²) in [6.45, 7) is 4.41. The average molecular weight is 194 g/mol. The van der Waals surface area contributed by atoms with E-state index in [9.17, 15) is 0 Å². The van der Waals surface area contributed by atoms with Crippen LogP contribution in [-0.4, -0.2) is 0 Å². The highest BCUT2D eigenvalue weighted by atomic mass is 32.1. The number of hydrogen-bond acceptors (Lipinski definition) is 1. The molecular weight excluding hydrogens is 176 g/mol. The van der Waals surface area contributed by atoms with Gasteiger partial charge in [0.1, 0.15) is 0 Å². The molecule has 0 heterocycles. The summed E-state index contributed by atoms with van der Waals surface area (Å²) >= 11 is 4.40. The maximum Gasteiger partial charge on any atom is 0.00454 e. The first kappa shape index (κ1) is 10.6. The predicted octanol–water partition coefficient (Wildman–Crippen LogP) is 3.88. The van der Waals surface area contributed by atoms with E-state index in [1.165, 1.54) is 30.4 Å². The van der Waals surface area contributed by atoms with E-state index in [4.69, 9.17) is 0 Å². The number of rotatable bonds is 4. The molecule has 13 heavy (non-hydrogen) atoms. The summed E-state index contributed by atoms with van der Waals surface area (Å²) in [4.78, 5) is 1.10. The van der Waals surface area contributed by atoms with Gasteiger partial charge in [-0.3, -0.25) is 0 Å². The van der Waals surface area contributed by atoms with Gasteiger partial charge in [-0.25, -0.2) is 0 Å². The summed E-state index contributed by atoms with van der Waals surface area (Å²) < 4.78 is 0. The van der Waals surface area contributed by atoms with Gasteiger partial charge in [0.05, 0.1) is 0 Å². The molecule has 1 heteroatoms. The predicted molar refractivity (Wildman–Crippen MR) is 61.7 cm³/mol. The van der Waals surface area contributed by atoms with E-state index >= 15 is 0 Å². The van der Waals surface area contributed by atoms with Crippen molar-refractivity contribution in [2.75, 3.05) is 0 Å². The Balaban J connectivity index is 2.76. The quantitative estimate of drug-likeness (QED) is 0.691. The molecule has 1 rings (SSSR count). The van der Waals surface area contributed by atoms with Crippen LogP contribution in [0.3, 0.4) is 0 Å². The summed E-state index contributed by atoms with van der Waals surface area (Å²) in [5, 5.41) is 0. The van der Waals surface area contributed by atoms with E-state index in [1.54, 1.807) is 0 Å². The molecule has 0 N–H and O–H groups in total. The van der Waals surface area contributed by atoms with E-state index < -0.39 is 0 Å². The van der Waals surface area contributed by atoms with Gasteiger partial charge in [-0.1, -0.05) is 26.3 Å². The third-order valence-electron chi connectivity index (χ3n) is 2.26. The minimum Gasteiger partial charge on any atom is -0.143 e. The molecule has 0 aromatic heterocycles. The topological polar surface area (TPSA) is 0 Å². The minimum atomic E-state index is 1.10. The standard InChI is InChI=1S/C12H18S/c1-3-5-6-11-7-10(4-2)8-12(13)9-11/h7-9,13H,3-6H2,1-2H3. The van der Waals surface area contributed by atoms with Crippen LogP contribution in [0.25, 0.3) is 0 Å². The van der Waals surface area contributed by atoms with Crippen LogP contribution in [0.4, 0.5) is 0 Å². The molecule has 0 unspecified atom stereocenters. The Morgan fingerprint density at radius 1 is 1.08 bits per heavy atom. The summed E-state index contributed by atoms with van der Waals surface area (Å²) in [7, 11) is 0. The molecule has 1 aromatic carbocycles. The number of thiol groups is 1. The van der Waals surface area contributed by atoms with E-state index in [-0.39, 0.29) is 0 Å². The Hall–Kier alpha value is -0.430. The Bertz CT molecular complexity index is 266. The van der Waals surface area contributed by atoms with Crippen LogP contribution in [0.15, 0.2) is 23.1 Å². The minimum absolute atomic E-state index is 1.10. The smallest absolute Gasteiger partial charge is 0.00454 e. The van der Waals surface area contributed by atoms with Crippen molar-refractivity contribution in [1.29, 1.82) is 0 Å². The van der Waals surface area contributed by atoms with Crippen LogP contribution in [-0.2, 0) is 12.8 Å². The van der Waals surface area contributed by atoms with Crippen LogP contribution in [0, 0.1) is 0 Å².